The maximum Gasteiger partial charge on any atom is 0.413 e. The largest absolute Gasteiger partial charge is 0.478 e. The van der Waals surface area contributed by atoms with E-state index in [0.717, 1.165) is 49.8 Å². The smallest absolute Gasteiger partial charge is 0.413 e. The predicted octanol–water partition coefficient (Wildman–Crippen LogP) is 8.64. The summed E-state index contributed by atoms with van der Waals surface area (Å²) in [5.41, 5.74) is 25.1. The molecule has 0 aliphatic carbocycles. The molecule has 448 valence electrons. The molecular formula is C61H70N16O9. The van der Waals surface area contributed by atoms with Crippen molar-refractivity contribution in [1.29, 1.82) is 10.5 Å². The van der Waals surface area contributed by atoms with Gasteiger partial charge in [-0.1, -0.05) is 7.43 Å². The zero-order chi connectivity index (χ0) is 62.8. The van der Waals surface area contributed by atoms with Gasteiger partial charge in [-0.2, -0.15) is 20.7 Å². The van der Waals surface area contributed by atoms with E-state index in [0.29, 0.717) is 46.0 Å². The molecule has 0 aliphatic rings. The number of aromatic carboxylic acids is 1. The number of ether oxygens (including phenoxy) is 2. The van der Waals surface area contributed by atoms with Crippen molar-refractivity contribution < 1.29 is 43.3 Å². The number of carboxylic acid groups (broad SMARTS) is 1. The molecule has 2 aromatic carbocycles. The van der Waals surface area contributed by atoms with Gasteiger partial charge in [0.1, 0.15) is 40.5 Å². The summed E-state index contributed by atoms with van der Waals surface area (Å²) in [4.78, 5) is 89.1. The molecule has 6 aromatic heterocycles. The number of hydrogen-bond acceptors (Lipinski definition) is 17. The van der Waals surface area contributed by atoms with E-state index in [1.165, 1.54) is 21.8 Å². The minimum absolute atomic E-state index is 0. The van der Waals surface area contributed by atoms with Crippen molar-refractivity contribution in [2.24, 2.45) is 17.2 Å². The minimum atomic E-state index is -1.22. The van der Waals surface area contributed by atoms with Crippen LogP contribution < -0.4 is 33.2 Å². The van der Waals surface area contributed by atoms with E-state index in [1.54, 1.807) is 70.4 Å². The zero-order valence-electron chi connectivity index (χ0n) is 49.2. The number of aryl methyl sites for hydroxylation is 6. The Morgan fingerprint density at radius 1 is 0.605 bits per heavy atom. The molecule has 8 rings (SSSR count). The van der Waals surface area contributed by atoms with Gasteiger partial charge in [0.15, 0.2) is 11.4 Å². The number of nitriles is 2. The third kappa shape index (κ3) is 17.4. The molecule has 0 saturated heterocycles. The molecular weight excluding hydrogens is 1100 g/mol. The van der Waals surface area contributed by atoms with Crippen LogP contribution >= 0.6 is 0 Å². The molecule has 0 radical (unpaired) electrons. The Labute approximate surface area is 496 Å². The molecule has 8 aromatic rings. The van der Waals surface area contributed by atoms with Gasteiger partial charge in [-0.05, 0) is 176 Å². The summed E-state index contributed by atoms with van der Waals surface area (Å²) in [7, 11) is 0. The molecule has 86 heavy (non-hydrogen) atoms. The number of nitrogens with zero attached hydrogens (tertiary/aromatic N) is 10. The van der Waals surface area contributed by atoms with Gasteiger partial charge in [0, 0.05) is 60.0 Å². The Bertz CT molecular complexity index is 3980. The van der Waals surface area contributed by atoms with Gasteiger partial charge >= 0.3 is 18.2 Å². The maximum atomic E-state index is 13.1. The Morgan fingerprint density at radius 3 is 1.37 bits per heavy atom. The fourth-order valence-corrected chi connectivity index (χ4v) is 8.77. The van der Waals surface area contributed by atoms with Crippen molar-refractivity contribution >= 4 is 69.3 Å². The molecule has 0 fully saturated rings. The third-order valence-electron chi connectivity index (χ3n) is 12.4. The second-order valence-corrected chi connectivity index (χ2v) is 21.8. The molecule has 0 unspecified atom stereocenters. The molecule has 6 heterocycles. The van der Waals surface area contributed by atoms with E-state index in [1.807, 2.05) is 85.7 Å². The summed E-state index contributed by atoms with van der Waals surface area (Å²) in [5.74, 6) is -2.10. The molecule has 0 bridgehead atoms. The normalized spacial score (nSPS) is 10.9. The van der Waals surface area contributed by atoms with Crippen molar-refractivity contribution in [1.82, 2.24) is 44.8 Å². The molecule has 0 atom stereocenters. The quantitative estimate of drug-likeness (QED) is 0.0567. The average Bonchev–Trinajstić information content (AvgIpc) is 1.63. The summed E-state index contributed by atoms with van der Waals surface area (Å²) >= 11 is 0. The first kappa shape index (κ1) is 66.1. The first-order chi connectivity index (χ1) is 39.8. The van der Waals surface area contributed by atoms with Gasteiger partial charge in [-0.25, -0.2) is 24.4 Å². The minimum Gasteiger partial charge on any atom is -0.478 e. The number of pyridine rings is 4. The summed E-state index contributed by atoms with van der Waals surface area (Å²) < 4.78 is 13.3. The summed E-state index contributed by atoms with van der Waals surface area (Å²) in [5, 5.41) is 45.5. The van der Waals surface area contributed by atoms with E-state index >= 15 is 0 Å². The van der Waals surface area contributed by atoms with Gasteiger partial charge in [0.05, 0.1) is 40.8 Å². The Kier molecular flexibility index (Phi) is 21.2. The lowest BCUT2D eigenvalue weighted by atomic mass is 10.0. The molecule has 0 saturated carbocycles. The second-order valence-electron chi connectivity index (χ2n) is 21.8. The number of benzene rings is 2. The van der Waals surface area contributed by atoms with E-state index in [4.69, 9.17) is 37.0 Å². The molecule has 25 heteroatoms. The van der Waals surface area contributed by atoms with Crippen molar-refractivity contribution in [3.05, 3.63) is 163 Å². The number of carboxylic acids is 1. The monoisotopic (exact) mass is 1170 g/mol. The number of nitrogens with one attached hydrogen (secondary N) is 3. The number of nitrogens with two attached hydrogens (primary N) is 3. The highest BCUT2D eigenvalue weighted by Gasteiger charge is 2.22. The van der Waals surface area contributed by atoms with Crippen LogP contribution in [0.5, 0.6) is 0 Å². The number of rotatable bonds is 13. The molecule has 0 spiro atoms. The number of carbonyl (C=O) groups is 6. The van der Waals surface area contributed by atoms with Gasteiger partial charge in [0.2, 0.25) is 0 Å². The topological polar surface area (TPSA) is 390 Å². The number of primary amides is 2. The van der Waals surface area contributed by atoms with Gasteiger partial charge in [0.25, 0.3) is 17.7 Å². The highest BCUT2D eigenvalue weighted by molar-refractivity contribution is 6.06. The maximum absolute atomic E-state index is 13.1. The lowest BCUT2D eigenvalue weighted by Gasteiger charge is -2.20. The van der Waals surface area contributed by atoms with Crippen LogP contribution in [0.15, 0.2) is 73.3 Å². The van der Waals surface area contributed by atoms with Crippen LogP contribution in [0.3, 0.4) is 0 Å². The van der Waals surface area contributed by atoms with Crippen LogP contribution in [0, 0.1) is 64.2 Å². The van der Waals surface area contributed by atoms with Gasteiger partial charge < -0.3 is 37.1 Å². The van der Waals surface area contributed by atoms with E-state index in [2.05, 4.69) is 46.1 Å². The molecule has 5 amide bonds. The van der Waals surface area contributed by atoms with Gasteiger partial charge in [-0.3, -0.25) is 44.3 Å². The van der Waals surface area contributed by atoms with Crippen LogP contribution in [0.1, 0.15) is 158 Å². The van der Waals surface area contributed by atoms with Crippen molar-refractivity contribution in [2.45, 2.75) is 128 Å². The summed E-state index contributed by atoms with van der Waals surface area (Å²) in [6, 6.07) is 17.9. The predicted molar refractivity (Wildman–Crippen MR) is 322 cm³/mol. The fourth-order valence-electron chi connectivity index (χ4n) is 8.77. The third-order valence-corrected chi connectivity index (χ3v) is 12.4. The van der Waals surface area contributed by atoms with Crippen LogP contribution in [0.2, 0.25) is 0 Å². The first-order valence-electron chi connectivity index (χ1n) is 26.3. The Hall–Kier alpha value is -10.7. The Balaban J connectivity index is 0.000000260. The lowest BCUT2D eigenvalue weighted by molar-refractivity contribution is 0.0624. The molecule has 0 aliphatic heterocycles. The van der Waals surface area contributed by atoms with Crippen molar-refractivity contribution in [2.75, 3.05) is 10.6 Å². The lowest BCUT2D eigenvalue weighted by Crippen LogP contribution is -2.28. The zero-order valence-corrected chi connectivity index (χ0v) is 49.2. The number of amides is 5. The number of fused-ring (bicyclic) bond motifs is 2. The average molecular weight is 1170 g/mol. The van der Waals surface area contributed by atoms with E-state index in [9.17, 15) is 34.0 Å². The summed E-state index contributed by atoms with van der Waals surface area (Å²) in [6.45, 7) is 22.9. The van der Waals surface area contributed by atoms with Crippen molar-refractivity contribution in [3.8, 4) is 12.1 Å². The Morgan fingerprint density at radius 2 is 1.01 bits per heavy atom. The second kappa shape index (κ2) is 27.6. The molecule has 10 N–H and O–H groups in total. The SMILES string of the molecule is C.Cc1cc(NC(=O)OC(C)(C)C)nc(C)c1CN.Cc1cnc2c(C(N)=O)cc(Cn3cc(C(=O)NCc4c(C)cc(NC(=O)OC(C)(C)C)nc4C)c(C#N)n3)cc2c1.Cc1cnc2c(C(N)=O)cc(Cn3cc(C(=O)O)c(C#N)n3)cc2c1. The highest BCUT2D eigenvalue weighted by Crippen LogP contribution is 2.25. The van der Waals surface area contributed by atoms with E-state index < -0.39 is 47.1 Å². The van der Waals surface area contributed by atoms with Crippen LogP contribution in [0.4, 0.5) is 21.2 Å². The number of aromatic nitrogens is 8. The van der Waals surface area contributed by atoms with Crippen LogP contribution in [0.25, 0.3) is 21.8 Å². The summed E-state index contributed by atoms with van der Waals surface area (Å²) in [6.07, 6.45) is 4.97. The van der Waals surface area contributed by atoms with Crippen LogP contribution in [-0.2, 0) is 35.7 Å². The standard InChI is InChI=1S/C30H32N8O4.C17H13N5O3.C13H21N3O2.CH4/c1-16-7-20-9-19(10-21(27(32)39)26(20)33-12-16)14-38-15-23(24(11-31)37-38)28(40)34-13-22-17(2)8-25(35-18(22)3)36-29(41)42-30(4,5)6;1-9-2-11-3-10(4-12(16(19)23)15(11)20-6-9)7-22-8-13(17(24)25)14(5-18)21-22;1-8-6-11(15-9(2)10(8)7-14)16-12(17)18-13(3,4)5;/h7-10,12,15H,13-14H2,1-6H3,(H2,32,39)(H,34,40)(H,35,36,41);2-4,6,8H,7H2,1H3,(H2,19,23)(H,24,25);6H,7,14H2,1-5H3,(H,15,16,17);1H4. The fraction of sp³-hybridized carbons (Fsp3) is 0.311. The van der Waals surface area contributed by atoms with Gasteiger partial charge in [-0.15, -0.1) is 0 Å². The van der Waals surface area contributed by atoms with E-state index in [-0.39, 0.29) is 60.7 Å². The highest BCUT2D eigenvalue weighted by atomic mass is 16.6. The number of carbonyl (C=O) groups excluding carboxylic acids is 5. The number of hydrogen-bond donors (Lipinski definition) is 7. The van der Waals surface area contributed by atoms with Crippen LogP contribution in [-0.4, -0.2) is 91.7 Å². The molecule has 25 nitrogen and oxygen atoms in total. The first-order valence-corrected chi connectivity index (χ1v) is 26.3. The van der Waals surface area contributed by atoms with Crippen molar-refractivity contribution in [3.63, 3.8) is 0 Å². The number of anilines is 2.